The maximum atomic E-state index is 11.7. The molecule has 4 nitrogen and oxygen atoms in total. The number of nitriles is 1. The first kappa shape index (κ1) is 14.6. The van der Waals surface area contributed by atoms with Crippen molar-refractivity contribution < 1.29 is 4.79 Å². The molecule has 1 aliphatic heterocycles. The maximum Gasteiger partial charge on any atom is 0.245 e. The van der Waals surface area contributed by atoms with Crippen LogP contribution in [-0.4, -0.2) is 39.9 Å². The number of nitrogens with zero attached hydrogens (tertiary/aromatic N) is 3. The van der Waals surface area contributed by atoms with E-state index in [0.717, 1.165) is 12.8 Å². The Morgan fingerprint density at radius 2 is 1.83 bits per heavy atom. The quantitative estimate of drug-likeness (QED) is 0.556. The van der Waals surface area contributed by atoms with E-state index in [2.05, 4.69) is 40.5 Å². The third-order valence-electron chi connectivity index (χ3n) is 3.85. The summed E-state index contributed by atoms with van der Waals surface area (Å²) in [6, 6.07) is 0.144. The Hall–Kier alpha value is -1.50. The van der Waals surface area contributed by atoms with Crippen LogP contribution in [0, 0.1) is 11.5 Å². The number of rotatable bonds is 2. The highest BCUT2D eigenvalue weighted by atomic mass is 16.2. The first-order chi connectivity index (χ1) is 8.15. The van der Waals surface area contributed by atoms with Crippen LogP contribution in [0.1, 0.15) is 40.5 Å². The molecule has 0 atom stereocenters. The Bertz CT molecular complexity index is 374. The van der Waals surface area contributed by atoms with Crippen LogP contribution in [0.25, 0.3) is 0 Å². The highest BCUT2D eigenvalue weighted by molar-refractivity contribution is 5.87. The number of carbonyl (C=O) groups excluding carboxylic acids is 1. The van der Waals surface area contributed by atoms with Gasteiger partial charge >= 0.3 is 0 Å². The molecule has 18 heavy (non-hydrogen) atoms. The van der Waals surface area contributed by atoms with Gasteiger partial charge in [0, 0.05) is 24.2 Å². The van der Waals surface area contributed by atoms with Crippen molar-refractivity contribution in [1.82, 2.24) is 9.80 Å². The molecule has 1 rings (SSSR count). The lowest BCUT2D eigenvalue weighted by molar-refractivity contribution is -0.130. The molecule has 0 spiro atoms. The van der Waals surface area contributed by atoms with E-state index in [-0.39, 0.29) is 23.0 Å². The summed E-state index contributed by atoms with van der Waals surface area (Å²) in [5, 5.41) is 9.32. The smallest absolute Gasteiger partial charge is 0.245 e. The number of carbonyl (C=O) groups is 1. The Balaban J connectivity index is 3.00. The molecule has 0 unspecified atom stereocenters. The van der Waals surface area contributed by atoms with Gasteiger partial charge in [0.2, 0.25) is 5.91 Å². The predicted molar refractivity (Wildman–Crippen MR) is 71.6 cm³/mol. The Kier molecular flexibility index (Phi) is 3.75. The lowest BCUT2D eigenvalue weighted by Crippen LogP contribution is -2.62. The van der Waals surface area contributed by atoms with Crippen LogP contribution in [0.5, 0.6) is 0 Å². The van der Waals surface area contributed by atoms with E-state index in [9.17, 15) is 10.1 Å². The van der Waals surface area contributed by atoms with Gasteiger partial charge in [-0.2, -0.15) is 5.26 Å². The average molecular weight is 249 g/mol. The molecule has 0 saturated carbocycles. The molecule has 100 valence electrons. The molecule has 1 heterocycles. The summed E-state index contributed by atoms with van der Waals surface area (Å²) < 4.78 is 0. The minimum absolute atomic E-state index is 0.0583. The number of amides is 1. The second-order valence-corrected chi connectivity index (χ2v) is 6.28. The van der Waals surface area contributed by atoms with Crippen LogP contribution in [0.15, 0.2) is 12.7 Å². The van der Waals surface area contributed by atoms with E-state index in [1.807, 2.05) is 11.9 Å². The fourth-order valence-corrected chi connectivity index (χ4v) is 3.10. The number of likely N-dealkylation sites (tertiary alicyclic amines) is 1. The van der Waals surface area contributed by atoms with E-state index in [0.29, 0.717) is 0 Å². The van der Waals surface area contributed by atoms with Crippen molar-refractivity contribution >= 4 is 5.91 Å². The monoisotopic (exact) mass is 249 g/mol. The normalized spacial score (nSPS) is 22.1. The van der Waals surface area contributed by atoms with Crippen LogP contribution in [0.4, 0.5) is 0 Å². The van der Waals surface area contributed by atoms with Gasteiger partial charge in [-0.15, -0.1) is 0 Å². The number of piperidine rings is 1. The summed E-state index contributed by atoms with van der Waals surface area (Å²) in [5.74, 6) is -0.0583. The van der Waals surface area contributed by atoms with Crippen LogP contribution in [-0.2, 0) is 4.79 Å². The molecule has 1 aliphatic rings. The SMILES string of the molecule is C=CC(=O)N(C)C1CC(C)(C)N(C#N)C(C)(C)C1. The molecular weight excluding hydrogens is 226 g/mol. The zero-order valence-corrected chi connectivity index (χ0v) is 12.0. The number of hydrogen-bond donors (Lipinski definition) is 0. The van der Waals surface area contributed by atoms with Crippen molar-refractivity contribution in [2.45, 2.75) is 57.7 Å². The van der Waals surface area contributed by atoms with Crippen molar-refractivity contribution in [3.05, 3.63) is 12.7 Å². The summed E-state index contributed by atoms with van der Waals surface area (Å²) in [5.41, 5.74) is -0.478. The zero-order valence-electron chi connectivity index (χ0n) is 12.0. The van der Waals surface area contributed by atoms with Gasteiger partial charge in [-0.05, 0) is 46.6 Å². The van der Waals surface area contributed by atoms with Gasteiger partial charge in [0.25, 0.3) is 0 Å². The molecule has 4 heteroatoms. The molecule has 0 aromatic rings. The predicted octanol–water partition coefficient (Wildman–Crippen LogP) is 2.13. The van der Waals surface area contributed by atoms with Gasteiger partial charge in [0.1, 0.15) is 0 Å². The van der Waals surface area contributed by atoms with E-state index >= 15 is 0 Å². The maximum absolute atomic E-state index is 11.7. The van der Waals surface area contributed by atoms with Crippen molar-refractivity contribution in [3.63, 3.8) is 0 Å². The fraction of sp³-hybridized carbons (Fsp3) is 0.714. The second kappa shape index (κ2) is 4.64. The summed E-state index contributed by atoms with van der Waals surface area (Å²) in [6.07, 6.45) is 5.22. The van der Waals surface area contributed by atoms with E-state index in [4.69, 9.17) is 0 Å². The van der Waals surface area contributed by atoms with Gasteiger partial charge in [-0.1, -0.05) is 6.58 Å². The van der Waals surface area contributed by atoms with Gasteiger partial charge in [0.15, 0.2) is 6.19 Å². The topological polar surface area (TPSA) is 47.3 Å². The van der Waals surface area contributed by atoms with Crippen molar-refractivity contribution in [3.8, 4) is 6.19 Å². The highest BCUT2D eigenvalue weighted by Crippen LogP contribution is 2.39. The molecule has 1 fully saturated rings. The Morgan fingerprint density at radius 3 is 2.17 bits per heavy atom. The second-order valence-electron chi connectivity index (χ2n) is 6.28. The third-order valence-corrected chi connectivity index (χ3v) is 3.85. The minimum Gasteiger partial charge on any atom is -0.339 e. The standard InChI is InChI=1S/C14H23N3O/c1-7-12(18)16(6)11-8-13(2,3)17(10-15)14(4,5)9-11/h7,11H,1,8-9H2,2-6H3. The molecule has 1 saturated heterocycles. The molecule has 1 amide bonds. The van der Waals surface area contributed by atoms with Gasteiger partial charge < -0.3 is 4.90 Å². The summed E-state index contributed by atoms with van der Waals surface area (Å²) in [4.78, 5) is 15.3. The lowest BCUT2D eigenvalue weighted by atomic mass is 9.77. The van der Waals surface area contributed by atoms with Crippen LogP contribution < -0.4 is 0 Å². The fourth-order valence-electron chi connectivity index (χ4n) is 3.10. The van der Waals surface area contributed by atoms with Gasteiger partial charge in [0.05, 0.1) is 0 Å². The highest BCUT2D eigenvalue weighted by Gasteiger charge is 2.46. The zero-order chi connectivity index (χ0) is 14.1. The molecule has 0 aliphatic carbocycles. The first-order valence-corrected chi connectivity index (χ1v) is 6.25. The molecule has 0 N–H and O–H groups in total. The van der Waals surface area contributed by atoms with Crippen LogP contribution in [0.2, 0.25) is 0 Å². The molecule has 0 radical (unpaired) electrons. The summed E-state index contributed by atoms with van der Waals surface area (Å²) >= 11 is 0. The Labute approximate surface area is 110 Å². The average Bonchev–Trinajstić information content (AvgIpc) is 2.24. The van der Waals surface area contributed by atoms with E-state index in [1.54, 1.807) is 4.90 Å². The van der Waals surface area contributed by atoms with Crippen molar-refractivity contribution in [1.29, 1.82) is 5.26 Å². The molecular formula is C14H23N3O. The van der Waals surface area contributed by atoms with E-state index < -0.39 is 0 Å². The van der Waals surface area contributed by atoms with Gasteiger partial charge in [-0.3, -0.25) is 9.69 Å². The third kappa shape index (κ3) is 2.50. The largest absolute Gasteiger partial charge is 0.339 e. The van der Waals surface area contributed by atoms with Crippen LogP contribution >= 0.6 is 0 Å². The van der Waals surface area contributed by atoms with Crippen LogP contribution in [0.3, 0.4) is 0 Å². The summed E-state index contributed by atoms with van der Waals surface area (Å²) in [7, 11) is 1.81. The Morgan fingerprint density at radius 1 is 1.39 bits per heavy atom. The molecule has 0 aromatic carbocycles. The minimum atomic E-state index is -0.239. The number of likely N-dealkylation sites (N-methyl/N-ethyl adjacent to an activating group) is 1. The number of hydrogen-bond acceptors (Lipinski definition) is 3. The van der Waals surface area contributed by atoms with Crippen molar-refractivity contribution in [2.24, 2.45) is 0 Å². The summed E-state index contributed by atoms with van der Waals surface area (Å²) in [6.45, 7) is 11.7. The first-order valence-electron chi connectivity index (χ1n) is 6.25. The lowest BCUT2D eigenvalue weighted by Gasteiger charge is -2.53. The molecule has 0 bridgehead atoms. The van der Waals surface area contributed by atoms with E-state index in [1.165, 1.54) is 6.08 Å². The molecule has 0 aromatic heterocycles. The van der Waals surface area contributed by atoms with Crippen molar-refractivity contribution in [2.75, 3.05) is 7.05 Å². The van der Waals surface area contributed by atoms with Gasteiger partial charge in [-0.25, -0.2) is 0 Å².